The summed E-state index contributed by atoms with van der Waals surface area (Å²) < 4.78 is 21.9. The van der Waals surface area contributed by atoms with Crippen LogP contribution in [0.25, 0.3) is 0 Å². The molecule has 0 fully saturated rings. The summed E-state index contributed by atoms with van der Waals surface area (Å²) in [4.78, 5) is 11.7. The van der Waals surface area contributed by atoms with E-state index in [-0.39, 0.29) is 18.5 Å². The first kappa shape index (κ1) is 13.1. The normalized spacial score (nSPS) is 16.8. The maximum absolute atomic E-state index is 11.7. The maximum Gasteiger partial charge on any atom is 0.374 e. The van der Waals surface area contributed by atoms with E-state index >= 15 is 0 Å². The summed E-state index contributed by atoms with van der Waals surface area (Å²) >= 11 is 3.13. The molecule has 3 rings (SSSR count). The Morgan fingerprint density at radius 2 is 2.05 bits per heavy atom. The number of furan rings is 1. The SMILES string of the molecule is O=C(OCC1COc2ccccc2O1)c1ccc(Br)o1. The van der Waals surface area contributed by atoms with Crippen molar-refractivity contribution in [2.75, 3.05) is 13.2 Å². The minimum atomic E-state index is -0.529. The summed E-state index contributed by atoms with van der Waals surface area (Å²) in [7, 11) is 0. The van der Waals surface area contributed by atoms with Gasteiger partial charge in [-0.15, -0.1) is 0 Å². The third-order valence-electron chi connectivity index (χ3n) is 2.74. The number of esters is 1. The molecule has 6 heteroatoms. The number of hydrogen-bond acceptors (Lipinski definition) is 5. The van der Waals surface area contributed by atoms with E-state index < -0.39 is 5.97 Å². The molecule has 0 spiro atoms. The topological polar surface area (TPSA) is 57.9 Å². The summed E-state index contributed by atoms with van der Waals surface area (Å²) in [6.45, 7) is 0.442. The van der Waals surface area contributed by atoms with E-state index in [1.165, 1.54) is 0 Å². The van der Waals surface area contributed by atoms with Crippen molar-refractivity contribution in [2.45, 2.75) is 6.10 Å². The van der Waals surface area contributed by atoms with Crippen LogP contribution < -0.4 is 9.47 Å². The van der Waals surface area contributed by atoms with Crippen LogP contribution in [0.15, 0.2) is 45.5 Å². The maximum atomic E-state index is 11.7. The Morgan fingerprint density at radius 3 is 2.80 bits per heavy atom. The molecule has 1 aliphatic rings. The van der Waals surface area contributed by atoms with E-state index in [0.717, 1.165) is 0 Å². The van der Waals surface area contributed by atoms with Crippen LogP contribution in [0.1, 0.15) is 10.6 Å². The summed E-state index contributed by atoms with van der Waals surface area (Å²) in [6.07, 6.45) is -0.327. The number of ether oxygens (including phenoxy) is 3. The average molecular weight is 339 g/mol. The molecule has 0 bridgehead atoms. The molecule has 104 valence electrons. The van der Waals surface area contributed by atoms with Crippen molar-refractivity contribution in [3.05, 3.63) is 46.8 Å². The third-order valence-corrected chi connectivity index (χ3v) is 3.17. The first-order valence-corrected chi connectivity index (χ1v) is 6.82. The number of benzene rings is 1. The Morgan fingerprint density at radius 1 is 1.25 bits per heavy atom. The van der Waals surface area contributed by atoms with E-state index in [1.54, 1.807) is 12.1 Å². The summed E-state index contributed by atoms with van der Waals surface area (Å²) in [5.74, 6) is 0.970. The van der Waals surface area contributed by atoms with Crippen LogP contribution in [0.3, 0.4) is 0 Å². The van der Waals surface area contributed by atoms with Crippen LogP contribution in [0.2, 0.25) is 0 Å². The summed E-state index contributed by atoms with van der Waals surface area (Å²) in [5.41, 5.74) is 0. The van der Waals surface area contributed by atoms with Gasteiger partial charge in [-0.1, -0.05) is 12.1 Å². The zero-order chi connectivity index (χ0) is 13.9. The van der Waals surface area contributed by atoms with Gasteiger partial charge in [0.15, 0.2) is 22.3 Å². The Bertz CT molecular complexity index is 622. The van der Waals surface area contributed by atoms with Crippen molar-refractivity contribution in [3.63, 3.8) is 0 Å². The van der Waals surface area contributed by atoms with Crippen LogP contribution in [-0.4, -0.2) is 25.3 Å². The van der Waals surface area contributed by atoms with Crippen molar-refractivity contribution >= 4 is 21.9 Å². The van der Waals surface area contributed by atoms with Crippen molar-refractivity contribution in [2.24, 2.45) is 0 Å². The minimum absolute atomic E-state index is 0.103. The van der Waals surface area contributed by atoms with E-state index in [4.69, 9.17) is 18.6 Å². The van der Waals surface area contributed by atoms with Gasteiger partial charge < -0.3 is 18.6 Å². The van der Waals surface area contributed by atoms with E-state index in [0.29, 0.717) is 22.8 Å². The molecule has 20 heavy (non-hydrogen) atoms. The number of carbonyl (C=O) groups is 1. The number of halogens is 1. The first-order chi connectivity index (χ1) is 9.72. The zero-order valence-electron chi connectivity index (χ0n) is 10.4. The predicted molar refractivity (Wildman–Crippen MR) is 73.0 cm³/mol. The lowest BCUT2D eigenvalue weighted by Gasteiger charge is -2.25. The molecule has 1 aliphatic heterocycles. The third kappa shape index (κ3) is 2.80. The van der Waals surface area contributed by atoms with Gasteiger partial charge in [-0.05, 0) is 40.2 Å². The van der Waals surface area contributed by atoms with Gasteiger partial charge in [0.25, 0.3) is 0 Å². The molecular weight excluding hydrogens is 328 g/mol. The second-order valence-corrected chi connectivity index (χ2v) is 4.98. The zero-order valence-corrected chi connectivity index (χ0v) is 12.0. The highest BCUT2D eigenvalue weighted by Crippen LogP contribution is 2.30. The fourth-order valence-electron chi connectivity index (χ4n) is 1.81. The van der Waals surface area contributed by atoms with Gasteiger partial charge in [0.2, 0.25) is 5.76 Å². The molecule has 5 nitrogen and oxygen atoms in total. The van der Waals surface area contributed by atoms with Gasteiger partial charge in [-0.25, -0.2) is 4.79 Å². The molecule has 0 amide bonds. The molecule has 1 aromatic carbocycles. The second kappa shape index (κ2) is 5.58. The molecule has 0 aliphatic carbocycles. The highest BCUT2D eigenvalue weighted by Gasteiger charge is 2.23. The van der Waals surface area contributed by atoms with Crippen LogP contribution >= 0.6 is 15.9 Å². The highest BCUT2D eigenvalue weighted by molar-refractivity contribution is 9.10. The van der Waals surface area contributed by atoms with Gasteiger partial charge in [0.05, 0.1) is 0 Å². The quantitative estimate of drug-likeness (QED) is 0.805. The van der Waals surface area contributed by atoms with Crippen molar-refractivity contribution in [1.82, 2.24) is 0 Å². The van der Waals surface area contributed by atoms with Crippen molar-refractivity contribution in [3.8, 4) is 11.5 Å². The first-order valence-electron chi connectivity index (χ1n) is 6.03. The molecule has 2 heterocycles. The molecule has 0 saturated carbocycles. The van der Waals surface area contributed by atoms with E-state index in [9.17, 15) is 4.79 Å². The van der Waals surface area contributed by atoms with Gasteiger partial charge in [-0.2, -0.15) is 0 Å². The van der Waals surface area contributed by atoms with Gasteiger partial charge in [-0.3, -0.25) is 0 Å². The van der Waals surface area contributed by atoms with Gasteiger partial charge in [0, 0.05) is 0 Å². The van der Waals surface area contributed by atoms with Crippen molar-refractivity contribution in [1.29, 1.82) is 0 Å². The highest BCUT2D eigenvalue weighted by atomic mass is 79.9. The monoisotopic (exact) mass is 338 g/mol. The standard InChI is InChI=1S/C14H11BrO5/c15-13-6-5-12(20-13)14(16)18-8-9-7-17-10-3-1-2-4-11(10)19-9/h1-6,9H,7-8H2. The number of carbonyl (C=O) groups excluding carboxylic acids is 1. The van der Waals surface area contributed by atoms with E-state index in [2.05, 4.69) is 15.9 Å². The summed E-state index contributed by atoms with van der Waals surface area (Å²) in [5, 5.41) is 0. The number of rotatable bonds is 3. The Kier molecular flexibility index (Phi) is 3.64. The molecule has 2 aromatic rings. The number of fused-ring (bicyclic) bond motifs is 1. The van der Waals surface area contributed by atoms with Crippen LogP contribution in [0.4, 0.5) is 0 Å². The lowest BCUT2D eigenvalue weighted by atomic mass is 10.3. The number of hydrogen-bond donors (Lipinski definition) is 0. The molecule has 1 aromatic heterocycles. The van der Waals surface area contributed by atoms with Crippen molar-refractivity contribution < 1.29 is 23.4 Å². The minimum Gasteiger partial charge on any atom is -0.486 e. The Labute approximate surface area is 123 Å². The molecule has 0 radical (unpaired) electrons. The molecule has 0 N–H and O–H groups in total. The van der Waals surface area contributed by atoms with Gasteiger partial charge >= 0.3 is 5.97 Å². The Hall–Kier alpha value is -1.95. The fourth-order valence-corrected chi connectivity index (χ4v) is 2.12. The van der Waals surface area contributed by atoms with Gasteiger partial charge in [0.1, 0.15) is 13.2 Å². The fraction of sp³-hybridized carbons (Fsp3) is 0.214. The largest absolute Gasteiger partial charge is 0.486 e. The average Bonchev–Trinajstić information content (AvgIpc) is 2.91. The molecule has 0 saturated heterocycles. The lowest BCUT2D eigenvalue weighted by molar-refractivity contribution is 0.00862. The molecule has 1 atom stereocenters. The van der Waals surface area contributed by atoms with Crippen LogP contribution in [0.5, 0.6) is 11.5 Å². The molecule has 1 unspecified atom stereocenters. The second-order valence-electron chi connectivity index (χ2n) is 4.20. The van der Waals surface area contributed by atoms with Crippen LogP contribution in [-0.2, 0) is 4.74 Å². The summed E-state index contributed by atoms with van der Waals surface area (Å²) in [6, 6.07) is 10.5. The van der Waals surface area contributed by atoms with Crippen LogP contribution in [0, 0.1) is 0 Å². The lowest BCUT2D eigenvalue weighted by Crippen LogP contribution is -2.34. The number of para-hydroxylation sites is 2. The smallest absolute Gasteiger partial charge is 0.374 e. The van der Waals surface area contributed by atoms with E-state index in [1.807, 2.05) is 24.3 Å². The predicted octanol–water partition coefficient (Wildman–Crippen LogP) is 3.04. The molecular formula is C14H11BrO5. The Balaban J connectivity index is 1.56.